The molecule has 5 rings (SSSR count). The van der Waals surface area contributed by atoms with Crippen molar-refractivity contribution in [1.82, 2.24) is 4.98 Å². The fraction of sp³-hybridized carbons (Fsp3) is 0.387. The maximum atomic E-state index is 14.2. The summed E-state index contributed by atoms with van der Waals surface area (Å²) < 4.78 is 19.8. The van der Waals surface area contributed by atoms with E-state index >= 15 is 0 Å². The first kappa shape index (κ1) is 25.3. The van der Waals surface area contributed by atoms with E-state index in [-0.39, 0.29) is 30.0 Å². The highest BCUT2D eigenvalue weighted by atomic mass is 19.1. The van der Waals surface area contributed by atoms with Crippen molar-refractivity contribution in [2.45, 2.75) is 70.6 Å². The molecule has 0 spiro atoms. The molecule has 0 amide bonds. The number of carbonyl (C=O) groups excluding carboxylic acids is 1. The molecule has 2 aliphatic rings. The third-order valence-electron chi connectivity index (χ3n) is 7.34. The summed E-state index contributed by atoms with van der Waals surface area (Å²) in [4.78, 5) is 22.4. The molecule has 1 aromatic heterocycles. The smallest absolute Gasteiger partial charge is 0.213 e. The number of benzene rings is 2. The molecule has 1 N–H and O–H groups in total. The number of pyridine rings is 1. The number of carbonyl (C=O) groups is 1. The predicted octanol–water partition coefficient (Wildman–Crippen LogP) is 6.10. The van der Waals surface area contributed by atoms with Gasteiger partial charge in [0.15, 0.2) is 5.78 Å². The summed E-state index contributed by atoms with van der Waals surface area (Å²) in [5, 5.41) is 11.2. The summed E-state index contributed by atoms with van der Waals surface area (Å²) in [6, 6.07) is 16.2. The lowest BCUT2D eigenvalue weighted by Gasteiger charge is -2.37. The molecule has 2 aromatic carbocycles. The van der Waals surface area contributed by atoms with Crippen molar-refractivity contribution in [3.8, 4) is 5.88 Å². The van der Waals surface area contributed by atoms with Crippen LogP contribution in [0.1, 0.15) is 78.6 Å². The molecule has 0 bridgehead atoms. The minimum absolute atomic E-state index is 0.0520. The number of hydrogen-bond donors (Lipinski definition) is 1. The van der Waals surface area contributed by atoms with E-state index in [1.165, 1.54) is 6.07 Å². The number of rotatable bonds is 8. The van der Waals surface area contributed by atoms with Crippen molar-refractivity contribution in [3.05, 3.63) is 94.4 Å². The van der Waals surface area contributed by atoms with Gasteiger partial charge in [-0.3, -0.25) is 9.79 Å². The number of fused-ring (bicyclic) bond motifs is 1. The maximum absolute atomic E-state index is 14.2. The average molecular weight is 501 g/mol. The number of nitrogens with zero attached hydrogens (tertiary/aromatic N) is 2. The summed E-state index contributed by atoms with van der Waals surface area (Å²) in [7, 11) is 0. The molecule has 5 nitrogen and oxygen atoms in total. The molecule has 0 radical (unpaired) electrons. The lowest BCUT2D eigenvalue weighted by atomic mass is 9.73. The minimum atomic E-state index is -0.985. The first-order chi connectivity index (χ1) is 17.8. The van der Waals surface area contributed by atoms with Crippen LogP contribution >= 0.6 is 0 Å². The topological polar surface area (TPSA) is 71.8 Å². The van der Waals surface area contributed by atoms with Crippen molar-refractivity contribution in [2.75, 3.05) is 0 Å². The van der Waals surface area contributed by atoms with Gasteiger partial charge in [0, 0.05) is 41.8 Å². The predicted molar refractivity (Wildman–Crippen MR) is 142 cm³/mol. The second kappa shape index (κ2) is 10.5. The van der Waals surface area contributed by atoms with Crippen LogP contribution in [0.4, 0.5) is 4.39 Å². The maximum Gasteiger partial charge on any atom is 0.213 e. The largest absolute Gasteiger partial charge is 0.475 e. The molecular formula is C31H33FN2O3. The lowest BCUT2D eigenvalue weighted by Crippen LogP contribution is -2.38. The number of aromatic nitrogens is 1. The standard InChI is InChI=1S/C31H33FN2O3/c1-20(2)37-29-12-11-25(19-33-29)30-26-15-22(9-10-24(26)18-34-30)28(35)14-21-6-5-13-31(36,16-21)17-23-7-3-4-8-27(23)32/h3-4,7-12,15,19-21,36H,5-6,13-14,16-18H2,1-2H3/t21-,31+/m0/s1. The number of ketones is 1. The summed E-state index contributed by atoms with van der Waals surface area (Å²) in [6.07, 6.45) is 5.30. The number of aliphatic imine (C=N–C) groups is 1. The van der Waals surface area contributed by atoms with Gasteiger partial charge >= 0.3 is 0 Å². The third-order valence-corrected chi connectivity index (χ3v) is 7.34. The molecule has 3 aromatic rings. The summed E-state index contributed by atoms with van der Waals surface area (Å²) in [5.41, 5.74) is 3.98. The van der Waals surface area contributed by atoms with Gasteiger partial charge in [-0.1, -0.05) is 36.8 Å². The van der Waals surface area contributed by atoms with Crippen LogP contribution in [0.2, 0.25) is 0 Å². The Morgan fingerprint density at radius 2 is 2.03 bits per heavy atom. The zero-order valence-corrected chi connectivity index (χ0v) is 21.4. The Morgan fingerprint density at radius 3 is 2.78 bits per heavy atom. The van der Waals surface area contributed by atoms with Crippen molar-refractivity contribution in [2.24, 2.45) is 10.9 Å². The molecule has 2 atom stereocenters. The zero-order chi connectivity index (χ0) is 26.0. The Labute approximate surface area is 217 Å². The number of aliphatic hydroxyl groups is 1. The van der Waals surface area contributed by atoms with Crippen LogP contribution in [0, 0.1) is 11.7 Å². The molecule has 192 valence electrons. The molecule has 1 aliphatic carbocycles. The number of ether oxygens (including phenoxy) is 1. The second-order valence-corrected chi connectivity index (χ2v) is 10.7. The second-order valence-electron chi connectivity index (χ2n) is 10.7. The zero-order valence-electron chi connectivity index (χ0n) is 21.4. The van der Waals surface area contributed by atoms with E-state index in [4.69, 9.17) is 9.73 Å². The van der Waals surface area contributed by atoms with Crippen molar-refractivity contribution in [3.63, 3.8) is 0 Å². The van der Waals surface area contributed by atoms with E-state index in [1.807, 2.05) is 44.2 Å². The van der Waals surface area contributed by atoms with Gasteiger partial charge in [0.25, 0.3) is 0 Å². The minimum Gasteiger partial charge on any atom is -0.475 e. The third kappa shape index (κ3) is 5.80. The van der Waals surface area contributed by atoms with E-state index in [9.17, 15) is 14.3 Å². The van der Waals surface area contributed by atoms with Crippen molar-refractivity contribution in [1.29, 1.82) is 0 Å². The van der Waals surface area contributed by atoms with Crippen molar-refractivity contribution < 1.29 is 19.0 Å². The first-order valence-corrected chi connectivity index (χ1v) is 13.1. The van der Waals surface area contributed by atoms with Gasteiger partial charge in [0.2, 0.25) is 5.88 Å². The summed E-state index contributed by atoms with van der Waals surface area (Å²) in [5.74, 6) is 0.413. The van der Waals surface area contributed by atoms with Gasteiger partial charge in [-0.15, -0.1) is 0 Å². The molecule has 0 unspecified atom stereocenters. The van der Waals surface area contributed by atoms with Gasteiger partial charge in [-0.2, -0.15) is 0 Å². The van der Waals surface area contributed by atoms with E-state index < -0.39 is 5.60 Å². The molecule has 0 saturated heterocycles. The Kier molecular flexibility index (Phi) is 7.20. The van der Waals surface area contributed by atoms with E-state index in [0.717, 1.165) is 35.2 Å². The van der Waals surface area contributed by atoms with Crippen LogP contribution in [-0.2, 0) is 13.0 Å². The molecule has 6 heteroatoms. The fourth-order valence-corrected chi connectivity index (χ4v) is 5.61. The highest BCUT2D eigenvalue weighted by Crippen LogP contribution is 2.37. The van der Waals surface area contributed by atoms with Gasteiger partial charge in [0.05, 0.1) is 24.0 Å². The van der Waals surface area contributed by atoms with Gasteiger partial charge in [0.1, 0.15) is 5.82 Å². The Morgan fingerprint density at radius 1 is 1.19 bits per heavy atom. The number of Topliss-reactive ketones (excluding diaryl/α,β-unsaturated/α-hetero) is 1. The summed E-state index contributed by atoms with van der Waals surface area (Å²) in [6.45, 7) is 4.50. The van der Waals surface area contributed by atoms with Crippen LogP contribution in [0.5, 0.6) is 5.88 Å². The highest BCUT2D eigenvalue weighted by Gasteiger charge is 2.36. The molecule has 1 aliphatic heterocycles. The van der Waals surface area contributed by atoms with Gasteiger partial charge < -0.3 is 9.84 Å². The SMILES string of the molecule is CC(C)Oc1ccc(C2=NCc3ccc(C(=O)C[C@@H]4CCC[C@](O)(Cc5ccccc5F)C4)cc32)cn1. The van der Waals surface area contributed by atoms with E-state index in [0.29, 0.717) is 42.8 Å². The highest BCUT2D eigenvalue weighted by molar-refractivity contribution is 6.16. The Hall–Kier alpha value is -3.38. The molecule has 1 saturated carbocycles. The van der Waals surface area contributed by atoms with Crippen molar-refractivity contribution >= 4 is 11.5 Å². The van der Waals surface area contributed by atoms with E-state index in [1.54, 1.807) is 24.4 Å². The van der Waals surface area contributed by atoms with Crippen LogP contribution in [0.25, 0.3) is 0 Å². The molecule has 1 fully saturated rings. The molecular weight excluding hydrogens is 467 g/mol. The monoisotopic (exact) mass is 500 g/mol. The lowest BCUT2D eigenvalue weighted by molar-refractivity contribution is -0.0164. The first-order valence-electron chi connectivity index (χ1n) is 13.1. The van der Waals surface area contributed by atoms with Crippen LogP contribution in [0.3, 0.4) is 0 Å². The Balaban J connectivity index is 1.27. The summed E-state index contributed by atoms with van der Waals surface area (Å²) >= 11 is 0. The normalized spacial score (nSPS) is 21.0. The average Bonchev–Trinajstić information content (AvgIpc) is 3.29. The Bertz CT molecular complexity index is 1320. The van der Waals surface area contributed by atoms with Gasteiger partial charge in [-0.05, 0) is 68.4 Å². The fourth-order valence-electron chi connectivity index (χ4n) is 5.61. The van der Waals surface area contributed by atoms with Crippen LogP contribution in [0.15, 0.2) is 65.8 Å². The molecule has 37 heavy (non-hydrogen) atoms. The van der Waals surface area contributed by atoms with Gasteiger partial charge in [-0.25, -0.2) is 9.37 Å². The molecule has 2 heterocycles. The quantitative estimate of drug-likeness (QED) is 0.380. The number of hydrogen-bond acceptors (Lipinski definition) is 5. The van der Waals surface area contributed by atoms with Crippen LogP contribution in [-0.4, -0.2) is 33.3 Å². The number of halogens is 1. The van der Waals surface area contributed by atoms with Crippen LogP contribution < -0.4 is 4.74 Å². The van der Waals surface area contributed by atoms with E-state index in [2.05, 4.69) is 4.98 Å².